The normalized spacial score (nSPS) is 11.4. The fourth-order valence-corrected chi connectivity index (χ4v) is 5.45. The number of anilines is 6. The molecule has 0 bridgehead atoms. The van der Waals surface area contributed by atoms with Crippen LogP contribution in [0.5, 0.6) is 0 Å². The van der Waals surface area contributed by atoms with Crippen LogP contribution in [0.4, 0.5) is 113 Å². The van der Waals surface area contributed by atoms with E-state index in [2.05, 4.69) is 0 Å². The molecule has 6 aromatic rings. The molecule has 0 N–H and O–H groups in total. The van der Waals surface area contributed by atoms with Crippen LogP contribution < -0.4 is 9.80 Å². The van der Waals surface area contributed by atoms with Gasteiger partial charge in [-0.25, -0.2) is 79.0 Å². The van der Waals surface area contributed by atoms with Crippen LogP contribution in [0.2, 0.25) is 0 Å². The van der Waals surface area contributed by atoms with Crippen LogP contribution in [0, 0.1) is 105 Å². The molecule has 0 amide bonds. The van der Waals surface area contributed by atoms with Gasteiger partial charge in [-0.05, 0) is 35.4 Å². The molecule has 2 nitrogen and oxygen atoms in total. The first-order chi connectivity index (χ1) is 26.3. The molecular weight excluding hydrogens is 802 g/mol. The van der Waals surface area contributed by atoms with E-state index in [9.17, 15) is 79.0 Å². The highest BCUT2D eigenvalue weighted by Gasteiger charge is 2.37. The molecule has 0 radical (unpaired) electrons. The van der Waals surface area contributed by atoms with Gasteiger partial charge in [-0.2, -0.15) is 0 Å². The molecule has 0 aliphatic rings. The van der Waals surface area contributed by atoms with Crippen LogP contribution in [0.3, 0.4) is 0 Å². The topological polar surface area (TPSA) is 6.48 Å². The first-order valence-electron chi connectivity index (χ1n) is 14.8. The minimum atomic E-state index is -2.76. The van der Waals surface area contributed by atoms with Gasteiger partial charge >= 0.3 is 0 Å². The van der Waals surface area contributed by atoms with Gasteiger partial charge in [0.05, 0.1) is 0 Å². The predicted octanol–water partition coefficient (Wildman–Crippen LogP) is 12.8. The molecule has 0 aromatic heterocycles. The van der Waals surface area contributed by atoms with Crippen LogP contribution in [0.1, 0.15) is 0 Å². The lowest BCUT2D eigenvalue weighted by Gasteiger charge is -2.28. The number of nitrogens with zero attached hydrogens (tertiary/aromatic N) is 2. The van der Waals surface area contributed by atoms with Crippen molar-refractivity contribution in [2.45, 2.75) is 0 Å². The van der Waals surface area contributed by atoms with Gasteiger partial charge in [-0.3, -0.25) is 9.80 Å². The summed E-state index contributed by atoms with van der Waals surface area (Å²) in [5, 5.41) is 0. The predicted molar refractivity (Wildman–Crippen MR) is 160 cm³/mol. The lowest BCUT2D eigenvalue weighted by Crippen LogP contribution is -2.21. The van der Waals surface area contributed by atoms with E-state index in [0.717, 1.165) is 36.4 Å². The molecule has 6 aromatic carbocycles. The molecule has 6 rings (SSSR count). The Morgan fingerprint density at radius 2 is 0.464 bits per heavy atom. The first kappa shape index (κ1) is 39.4. The van der Waals surface area contributed by atoms with E-state index in [4.69, 9.17) is 0 Å². The van der Waals surface area contributed by atoms with Gasteiger partial charge in [-0.1, -0.05) is 24.3 Å². The number of hydrogen-bond donors (Lipinski definition) is 0. The SMILES string of the molecule is Fc1cc(F)c(N(c2ccc(-c3ccc(N(c4c(F)c(F)c(F)c(F)c4F)c4c(F)c(F)c(F)c(F)c4F)cc3)cc2)c2c(F)cc(F)c(F)c2F)c(F)c1F. The third-order valence-electron chi connectivity index (χ3n) is 8.03. The van der Waals surface area contributed by atoms with Gasteiger partial charge in [0.25, 0.3) is 0 Å². The monoisotopic (exact) mass is 812 g/mol. The lowest BCUT2D eigenvalue weighted by atomic mass is 10.0. The van der Waals surface area contributed by atoms with Crippen molar-refractivity contribution in [3.63, 3.8) is 0 Å². The van der Waals surface area contributed by atoms with Gasteiger partial charge in [0, 0.05) is 23.5 Å². The summed E-state index contributed by atoms with van der Waals surface area (Å²) in [4.78, 5) is -0.605. The van der Waals surface area contributed by atoms with Crippen molar-refractivity contribution in [3.05, 3.63) is 165 Å². The van der Waals surface area contributed by atoms with Crippen molar-refractivity contribution < 1.29 is 79.0 Å². The van der Waals surface area contributed by atoms with Gasteiger partial charge in [0.15, 0.2) is 93.1 Å². The quantitative estimate of drug-likeness (QED) is 0.0900. The van der Waals surface area contributed by atoms with Crippen LogP contribution in [0.25, 0.3) is 11.1 Å². The maximum atomic E-state index is 15.0. The Balaban J connectivity index is 1.50. The van der Waals surface area contributed by atoms with E-state index < -0.39 is 144 Å². The van der Waals surface area contributed by atoms with Crippen molar-refractivity contribution in [2.75, 3.05) is 9.80 Å². The second-order valence-corrected chi connectivity index (χ2v) is 11.2. The highest BCUT2D eigenvalue weighted by Crippen LogP contribution is 2.46. The Bertz CT molecular complexity index is 2390. The van der Waals surface area contributed by atoms with Crippen molar-refractivity contribution in [1.29, 1.82) is 0 Å². The Kier molecular flexibility index (Phi) is 10.1. The van der Waals surface area contributed by atoms with Crippen molar-refractivity contribution in [1.82, 2.24) is 0 Å². The third kappa shape index (κ3) is 6.17. The number of benzene rings is 6. The van der Waals surface area contributed by atoms with Crippen LogP contribution in [0.15, 0.2) is 60.7 Å². The number of rotatable bonds is 7. The van der Waals surface area contributed by atoms with Gasteiger partial charge in [0.2, 0.25) is 11.6 Å². The minimum absolute atomic E-state index is 0.0725. The standard InChI is InChI=1S/C36H10F18N2/c37-15-9-17(39)33(27(49)19(15)41)55(34-18(40)10-16(38)20(42)28(34)50)13-5-1-11(2-6-13)12-3-7-14(8-4-12)56(35-29(51)23(45)21(43)24(46)30(35)52)36-31(53)25(47)22(44)26(48)32(36)54/h1-10H. The van der Waals surface area contributed by atoms with Crippen LogP contribution in [-0.2, 0) is 0 Å². The molecule has 0 saturated heterocycles. The molecule has 56 heavy (non-hydrogen) atoms. The summed E-state index contributed by atoms with van der Waals surface area (Å²) < 4.78 is 261. The van der Waals surface area contributed by atoms with E-state index >= 15 is 0 Å². The second kappa shape index (κ2) is 14.4. The molecule has 290 valence electrons. The summed E-state index contributed by atoms with van der Waals surface area (Å²) in [6.45, 7) is 0. The zero-order valence-corrected chi connectivity index (χ0v) is 26.5. The van der Waals surface area contributed by atoms with E-state index in [1.54, 1.807) is 0 Å². The van der Waals surface area contributed by atoms with Crippen molar-refractivity contribution in [2.24, 2.45) is 0 Å². The Morgan fingerprint density at radius 1 is 0.232 bits per heavy atom. The molecule has 0 fully saturated rings. The highest BCUT2D eigenvalue weighted by molar-refractivity contribution is 5.82. The fourth-order valence-electron chi connectivity index (χ4n) is 5.45. The molecule has 0 spiro atoms. The van der Waals surface area contributed by atoms with E-state index in [-0.39, 0.29) is 28.2 Å². The van der Waals surface area contributed by atoms with Gasteiger partial charge < -0.3 is 0 Å². The molecule has 0 heterocycles. The molecule has 0 aliphatic carbocycles. The van der Waals surface area contributed by atoms with Gasteiger partial charge in [-0.15, -0.1) is 0 Å². The van der Waals surface area contributed by atoms with E-state index in [0.29, 0.717) is 12.1 Å². The molecule has 0 atom stereocenters. The van der Waals surface area contributed by atoms with E-state index in [1.165, 1.54) is 0 Å². The van der Waals surface area contributed by atoms with Crippen LogP contribution >= 0.6 is 0 Å². The summed E-state index contributed by atoms with van der Waals surface area (Å²) in [7, 11) is 0. The minimum Gasteiger partial charge on any atom is -0.300 e. The summed E-state index contributed by atoms with van der Waals surface area (Å²) in [5.74, 6) is -44.9. The average Bonchev–Trinajstić information content (AvgIpc) is 3.18. The summed E-state index contributed by atoms with van der Waals surface area (Å²) in [6, 6.07) is 6.01. The summed E-state index contributed by atoms with van der Waals surface area (Å²) >= 11 is 0. The largest absolute Gasteiger partial charge is 0.300 e. The smallest absolute Gasteiger partial charge is 0.200 e. The summed E-state index contributed by atoms with van der Waals surface area (Å²) in [5.41, 5.74) is -9.70. The third-order valence-corrected chi connectivity index (χ3v) is 8.03. The maximum absolute atomic E-state index is 15.0. The lowest BCUT2D eigenvalue weighted by molar-refractivity contribution is 0.375. The zero-order chi connectivity index (χ0) is 41.2. The van der Waals surface area contributed by atoms with E-state index in [1.807, 2.05) is 0 Å². The molecule has 0 saturated carbocycles. The first-order valence-corrected chi connectivity index (χ1v) is 14.8. The molecule has 0 unspecified atom stereocenters. The number of halogens is 18. The van der Waals surface area contributed by atoms with Crippen LogP contribution in [-0.4, -0.2) is 0 Å². The van der Waals surface area contributed by atoms with Gasteiger partial charge in [0.1, 0.15) is 22.7 Å². The maximum Gasteiger partial charge on any atom is 0.200 e. The summed E-state index contributed by atoms with van der Waals surface area (Å²) in [6.07, 6.45) is 0. The average molecular weight is 812 g/mol. The Morgan fingerprint density at radius 3 is 0.750 bits per heavy atom. The number of hydrogen-bond acceptors (Lipinski definition) is 2. The fraction of sp³-hybridized carbons (Fsp3) is 0. The molecule has 0 aliphatic heterocycles. The highest BCUT2D eigenvalue weighted by atomic mass is 19.2. The van der Waals surface area contributed by atoms with Crippen molar-refractivity contribution in [3.8, 4) is 11.1 Å². The Labute approximate surface area is 299 Å². The molecular formula is C36H10F18N2. The second-order valence-electron chi connectivity index (χ2n) is 11.2. The zero-order valence-electron chi connectivity index (χ0n) is 26.5. The Hall–Kier alpha value is -6.34. The molecule has 20 heteroatoms. The van der Waals surface area contributed by atoms with Crippen molar-refractivity contribution >= 4 is 34.1 Å².